The molecule has 2 heterocycles. The lowest BCUT2D eigenvalue weighted by molar-refractivity contribution is -0.140. The molecule has 0 bridgehead atoms. The Morgan fingerprint density at radius 2 is 2.29 bits per heavy atom. The summed E-state index contributed by atoms with van der Waals surface area (Å²) in [5.74, 6) is 0.822. The molecule has 1 aromatic heterocycles. The number of ether oxygens (including phenoxy) is 1. The van der Waals surface area contributed by atoms with E-state index in [2.05, 4.69) is 11.9 Å². The molecule has 6 nitrogen and oxygen atoms in total. The molecule has 1 saturated heterocycles. The summed E-state index contributed by atoms with van der Waals surface area (Å²) in [6.45, 7) is 2.80. The average molecular weight is 313 g/mol. The lowest BCUT2D eigenvalue weighted by Crippen LogP contribution is -2.46. The van der Waals surface area contributed by atoms with Gasteiger partial charge in [0.15, 0.2) is 5.03 Å². The van der Waals surface area contributed by atoms with Crippen LogP contribution in [0.25, 0.3) is 0 Å². The number of primary sulfonamides is 1. The van der Waals surface area contributed by atoms with E-state index in [1.807, 2.05) is 4.57 Å². The van der Waals surface area contributed by atoms with E-state index in [1.165, 1.54) is 6.42 Å². The second kappa shape index (κ2) is 5.37. The van der Waals surface area contributed by atoms with E-state index in [-0.39, 0.29) is 16.7 Å². The van der Waals surface area contributed by atoms with Gasteiger partial charge in [0.25, 0.3) is 10.0 Å². The van der Waals surface area contributed by atoms with Gasteiger partial charge in [-0.15, -0.1) is 0 Å². The first-order chi connectivity index (χ1) is 9.93. The molecule has 1 atom stereocenters. The van der Waals surface area contributed by atoms with Crippen molar-refractivity contribution in [2.45, 2.75) is 68.5 Å². The standard InChI is InChI=1S/C14H23N3O3S/c1-2-4-12-16-13(21(15,18)19)10-17(12)11-5-8-20-14(9-11)6-3-7-14/h10-11H,2-9H2,1H3,(H2,15,18,19). The number of aromatic nitrogens is 2. The van der Waals surface area contributed by atoms with Gasteiger partial charge in [0.2, 0.25) is 0 Å². The van der Waals surface area contributed by atoms with Crippen LogP contribution in [0.15, 0.2) is 11.2 Å². The molecule has 1 aliphatic carbocycles. The highest BCUT2D eigenvalue weighted by atomic mass is 32.2. The molecule has 2 N–H and O–H groups in total. The molecule has 2 aliphatic rings. The van der Waals surface area contributed by atoms with Gasteiger partial charge in [0.05, 0.1) is 5.60 Å². The van der Waals surface area contributed by atoms with Crippen molar-refractivity contribution in [3.05, 3.63) is 12.0 Å². The second-order valence-corrected chi connectivity index (χ2v) is 7.74. The molecule has 3 rings (SSSR count). The fraction of sp³-hybridized carbons (Fsp3) is 0.786. The van der Waals surface area contributed by atoms with Crippen molar-refractivity contribution in [2.24, 2.45) is 5.14 Å². The highest BCUT2D eigenvalue weighted by Crippen LogP contribution is 2.46. The van der Waals surface area contributed by atoms with Crippen LogP contribution in [-0.2, 0) is 21.2 Å². The van der Waals surface area contributed by atoms with E-state index in [4.69, 9.17) is 9.88 Å². The predicted octanol–water partition coefficient (Wildman–Crippen LogP) is 1.76. The fourth-order valence-corrected chi connectivity index (χ4v) is 3.92. The number of hydrogen-bond donors (Lipinski definition) is 1. The second-order valence-electron chi connectivity index (χ2n) is 6.23. The lowest BCUT2D eigenvalue weighted by Gasteiger charge is -2.47. The summed E-state index contributed by atoms with van der Waals surface area (Å²) < 4.78 is 31.1. The van der Waals surface area contributed by atoms with Crippen LogP contribution in [0.2, 0.25) is 0 Å². The third-order valence-electron chi connectivity index (χ3n) is 4.68. The smallest absolute Gasteiger partial charge is 0.257 e. The lowest BCUT2D eigenvalue weighted by atomic mass is 9.74. The number of sulfonamides is 1. The summed E-state index contributed by atoms with van der Waals surface area (Å²) >= 11 is 0. The molecule has 1 unspecified atom stereocenters. The number of hydrogen-bond acceptors (Lipinski definition) is 4. The Hall–Kier alpha value is -0.920. The molecule has 21 heavy (non-hydrogen) atoms. The summed E-state index contributed by atoms with van der Waals surface area (Å²) in [7, 11) is -3.74. The molecule has 2 fully saturated rings. The number of aryl methyl sites for hydroxylation is 1. The number of nitrogens with zero attached hydrogens (tertiary/aromatic N) is 2. The number of nitrogens with two attached hydrogens (primary N) is 1. The van der Waals surface area contributed by atoms with Crippen molar-refractivity contribution < 1.29 is 13.2 Å². The monoisotopic (exact) mass is 313 g/mol. The summed E-state index contributed by atoms with van der Waals surface area (Å²) in [6.07, 6.45) is 8.61. The molecular formula is C14H23N3O3S. The highest BCUT2D eigenvalue weighted by Gasteiger charge is 2.43. The predicted molar refractivity (Wildman–Crippen MR) is 78.4 cm³/mol. The van der Waals surface area contributed by atoms with Crippen LogP contribution in [0, 0.1) is 0 Å². The van der Waals surface area contributed by atoms with Crippen LogP contribution < -0.4 is 5.14 Å². The van der Waals surface area contributed by atoms with Crippen LogP contribution in [0.5, 0.6) is 0 Å². The minimum Gasteiger partial charge on any atom is -0.375 e. The Bertz CT molecular complexity index is 619. The van der Waals surface area contributed by atoms with Gasteiger partial charge in [-0.1, -0.05) is 6.92 Å². The topological polar surface area (TPSA) is 87.2 Å². The van der Waals surface area contributed by atoms with Gasteiger partial charge in [0, 0.05) is 25.3 Å². The van der Waals surface area contributed by atoms with Gasteiger partial charge < -0.3 is 9.30 Å². The van der Waals surface area contributed by atoms with Crippen molar-refractivity contribution in [3.63, 3.8) is 0 Å². The zero-order chi connectivity index (χ0) is 15.1. The summed E-state index contributed by atoms with van der Waals surface area (Å²) in [4.78, 5) is 4.25. The van der Waals surface area contributed by atoms with E-state index in [1.54, 1.807) is 6.20 Å². The third kappa shape index (κ3) is 2.86. The van der Waals surface area contributed by atoms with Crippen molar-refractivity contribution in [2.75, 3.05) is 6.61 Å². The van der Waals surface area contributed by atoms with Crippen molar-refractivity contribution >= 4 is 10.0 Å². The van der Waals surface area contributed by atoms with Crippen LogP contribution >= 0.6 is 0 Å². The molecule has 7 heteroatoms. The van der Waals surface area contributed by atoms with Gasteiger partial charge in [-0.3, -0.25) is 0 Å². The Labute approximate surface area is 125 Å². The summed E-state index contributed by atoms with van der Waals surface area (Å²) in [6, 6.07) is 0.267. The largest absolute Gasteiger partial charge is 0.375 e. The molecular weight excluding hydrogens is 290 g/mol. The van der Waals surface area contributed by atoms with Crippen LogP contribution in [0.1, 0.15) is 57.3 Å². The summed E-state index contributed by atoms with van der Waals surface area (Å²) in [5.41, 5.74) is 0.0262. The van der Waals surface area contributed by atoms with Crippen LogP contribution in [0.3, 0.4) is 0 Å². The van der Waals surface area contributed by atoms with Crippen molar-refractivity contribution in [1.82, 2.24) is 9.55 Å². The third-order valence-corrected chi connectivity index (χ3v) is 5.46. The minimum absolute atomic E-state index is 0.0138. The number of rotatable bonds is 4. The van der Waals surface area contributed by atoms with E-state index in [9.17, 15) is 8.42 Å². The van der Waals surface area contributed by atoms with Crippen molar-refractivity contribution in [3.8, 4) is 0 Å². The molecule has 0 radical (unpaired) electrons. The zero-order valence-corrected chi connectivity index (χ0v) is 13.2. The minimum atomic E-state index is -3.74. The van der Waals surface area contributed by atoms with E-state index in [0.29, 0.717) is 0 Å². The van der Waals surface area contributed by atoms with Gasteiger partial charge in [-0.2, -0.15) is 0 Å². The quantitative estimate of drug-likeness (QED) is 0.917. The maximum absolute atomic E-state index is 11.6. The highest BCUT2D eigenvalue weighted by molar-refractivity contribution is 7.89. The zero-order valence-electron chi connectivity index (χ0n) is 12.4. The molecule has 1 aromatic rings. The Kier molecular flexibility index (Phi) is 3.83. The molecule has 1 saturated carbocycles. The maximum Gasteiger partial charge on any atom is 0.257 e. The Morgan fingerprint density at radius 1 is 1.52 bits per heavy atom. The van der Waals surface area contributed by atoms with Gasteiger partial charge in [-0.25, -0.2) is 18.5 Å². The molecule has 0 amide bonds. The first-order valence-electron chi connectivity index (χ1n) is 7.68. The first-order valence-corrected chi connectivity index (χ1v) is 9.23. The van der Waals surface area contributed by atoms with Crippen molar-refractivity contribution in [1.29, 1.82) is 0 Å². The maximum atomic E-state index is 11.6. The number of imidazole rings is 1. The molecule has 1 aliphatic heterocycles. The van der Waals surface area contributed by atoms with Gasteiger partial charge >= 0.3 is 0 Å². The van der Waals surface area contributed by atoms with E-state index < -0.39 is 10.0 Å². The molecule has 118 valence electrons. The van der Waals surface area contributed by atoms with E-state index >= 15 is 0 Å². The van der Waals surface area contributed by atoms with Gasteiger partial charge in [-0.05, 0) is 38.5 Å². The van der Waals surface area contributed by atoms with Crippen LogP contribution in [-0.4, -0.2) is 30.2 Å². The Morgan fingerprint density at radius 3 is 2.86 bits per heavy atom. The SMILES string of the molecule is CCCc1nc(S(N)(=O)=O)cn1C1CCOC2(CCC2)C1. The first kappa shape index (κ1) is 15.0. The summed E-state index contributed by atoms with van der Waals surface area (Å²) in [5, 5.41) is 5.21. The molecule has 0 aromatic carbocycles. The fourth-order valence-electron chi connectivity index (χ4n) is 3.43. The van der Waals surface area contributed by atoms with Crippen LogP contribution in [0.4, 0.5) is 0 Å². The molecule has 1 spiro atoms. The Balaban J connectivity index is 1.90. The average Bonchev–Trinajstić information content (AvgIpc) is 2.82. The normalized spacial score (nSPS) is 25.0. The van der Waals surface area contributed by atoms with Gasteiger partial charge in [0.1, 0.15) is 5.82 Å². The van der Waals surface area contributed by atoms with E-state index in [0.717, 1.165) is 51.0 Å².